The Kier molecular flexibility index (Phi) is 4.51. The maximum atomic E-state index is 12.1. The average Bonchev–Trinajstić information content (AvgIpc) is 2.11. The first-order chi connectivity index (χ1) is 8.46. The molecule has 0 radical (unpaired) electrons. The van der Waals surface area contributed by atoms with Gasteiger partial charge in [0.15, 0.2) is 0 Å². The summed E-state index contributed by atoms with van der Waals surface area (Å²) in [5.74, 6) is -1.39. The number of carbonyl (C=O) groups is 1. The average molecular weight is 326 g/mol. The van der Waals surface area contributed by atoms with Gasteiger partial charge in [-0.05, 0) is 32.9 Å². The molecule has 2 N–H and O–H groups in total. The van der Waals surface area contributed by atoms with Crippen molar-refractivity contribution < 1.29 is 18.3 Å². The lowest BCUT2D eigenvalue weighted by Crippen LogP contribution is -2.40. The Hall–Kier alpha value is -0.820. The third kappa shape index (κ3) is 3.82. The van der Waals surface area contributed by atoms with Crippen molar-refractivity contribution in [1.82, 2.24) is 4.72 Å². The molecule has 0 amide bonds. The molecule has 0 unspecified atom stereocenters. The van der Waals surface area contributed by atoms with Crippen molar-refractivity contribution in [2.24, 2.45) is 0 Å². The second kappa shape index (κ2) is 5.28. The SMILES string of the molecule is CC(C)(C)NS(=O)(=O)c1ccc(Cl)c(C(=O)O)c1Cl. The van der Waals surface area contributed by atoms with Crippen molar-refractivity contribution in [2.75, 3.05) is 0 Å². The molecule has 106 valence electrons. The summed E-state index contributed by atoms with van der Waals surface area (Å²) in [6, 6.07) is 2.36. The van der Waals surface area contributed by atoms with Crippen molar-refractivity contribution in [3.8, 4) is 0 Å². The summed E-state index contributed by atoms with van der Waals surface area (Å²) < 4.78 is 26.6. The van der Waals surface area contributed by atoms with Gasteiger partial charge in [0.05, 0.1) is 15.6 Å². The maximum Gasteiger partial charge on any atom is 0.338 e. The molecule has 1 aromatic rings. The number of hydrogen-bond donors (Lipinski definition) is 2. The van der Waals surface area contributed by atoms with Gasteiger partial charge in [-0.15, -0.1) is 0 Å². The van der Waals surface area contributed by atoms with Gasteiger partial charge < -0.3 is 5.11 Å². The van der Waals surface area contributed by atoms with E-state index in [1.54, 1.807) is 20.8 Å². The van der Waals surface area contributed by atoms with Crippen molar-refractivity contribution in [2.45, 2.75) is 31.2 Å². The fourth-order valence-corrected chi connectivity index (χ4v) is 3.73. The van der Waals surface area contributed by atoms with E-state index in [0.717, 1.165) is 0 Å². The summed E-state index contributed by atoms with van der Waals surface area (Å²) in [7, 11) is -3.93. The second-order valence-electron chi connectivity index (χ2n) is 4.90. The standard InChI is InChI=1S/C11H13Cl2NO4S/c1-11(2,3)14-19(17,18)7-5-4-6(12)8(9(7)13)10(15)16/h4-5,14H,1-3H3,(H,15,16). The van der Waals surface area contributed by atoms with Crippen LogP contribution in [-0.4, -0.2) is 25.0 Å². The normalized spacial score (nSPS) is 12.5. The summed E-state index contributed by atoms with van der Waals surface area (Å²) in [5, 5.41) is 8.46. The number of sulfonamides is 1. The Balaban J connectivity index is 3.46. The number of halogens is 2. The van der Waals surface area contributed by atoms with E-state index >= 15 is 0 Å². The van der Waals surface area contributed by atoms with E-state index in [4.69, 9.17) is 28.3 Å². The summed E-state index contributed by atoms with van der Waals surface area (Å²) in [6.07, 6.45) is 0. The quantitative estimate of drug-likeness (QED) is 0.895. The first-order valence-electron chi connectivity index (χ1n) is 5.21. The molecule has 0 atom stereocenters. The number of benzene rings is 1. The smallest absolute Gasteiger partial charge is 0.338 e. The van der Waals surface area contributed by atoms with E-state index in [2.05, 4.69) is 4.72 Å². The van der Waals surface area contributed by atoms with E-state index < -0.39 is 32.1 Å². The van der Waals surface area contributed by atoms with E-state index in [1.807, 2.05) is 0 Å². The third-order valence-electron chi connectivity index (χ3n) is 2.00. The molecule has 0 aliphatic carbocycles. The number of nitrogens with one attached hydrogen (secondary N) is 1. The molecule has 0 aromatic heterocycles. The van der Waals surface area contributed by atoms with Crippen LogP contribution in [0.3, 0.4) is 0 Å². The Morgan fingerprint density at radius 3 is 2.21 bits per heavy atom. The van der Waals surface area contributed by atoms with Crippen LogP contribution in [0.2, 0.25) is 10.0 Å². The number of rotatable bonds is 3. The summed E-state index contributed by atoms with van der Waals surface area (Å²) in [6.45, 7) is 4.98. The highest BCUT2D eigenvalue weighted by molar-refractivity contribution is 7.89. The number of carboxylic acid groups (broad SMARTS) is 1. The van der Waals surface area contributed by atoms with E-state index in [-0.39, 0.29) is 9.92 Å². The minimum absolute atomic E-state index is 0.118. The highest BCUT2D eigenvalue weighted by Crippen LogP contribution is 2.31. The zero-order valence-corrected chi connectivity index (χ0v) is 12.8. The topological polar surface area (TPSA) is 83.5 Å². The molecule has 5 nitrogen and oxygen atoms in total. The van der Waals surface area contributed by atoms with Crippen LogP contribution in [0.4, 0.5) is 0 Å². The Morgan fingerprint density at radius 1 is 1.26 bits per heavy atom. The summed E-state index contributed by atoms with van der Waals surface area (Å²) in [5.41, 5.74) is -1.15. The minimum atomic E-state index is -3.93. The van der Waals surface area contributed by atoms with Crippen molar-refractivity contribution in [3.05, 3.63) is 27.7 Å². The Bertz CT molecular complexity index is 620. The van der Waals surface area contributed by atoms with Crippen molar-refractivity contribution in [1.29, 1.82) is 0 Å². The van der Waals surface area contributed by atoms with Gasteiger partial charge in [0, 0.05) is 5.54 Å². The lowest BCUT2D eigenvalue weighted by atomic mass is 10.1. The van der Waals surface area contributed by atoms with Gasteiger partial charge in [0.25, 0.3) is 0 Å². The van der Waals surface area contributed by atoms with E-state index in [9.17, 15) is 13.2 Å². The predicted octanol–water partition coefficient (Wildman–Crippen LogP) is 2.77. The Labute approximate surface area is 121 Å². The monoisotopic (exact) mass is 325 g/mol. The lowest BCUT2D eigenvalue weighted by molar-refractivity contribution is 0.0697. The zero-order valence-electron chi connectivity index (χ0n) is 10.5. The zero-order chi connectivity index (χ0) is 15.0. The van der Waals surface area contributed by atoms with Crippen LogP contribution in [0.5, 0.6) is 0 Å². The molecule has 1 aromatic carbocycles. The number of hydrogen-bond acceptors (Lipinski definition) is 3. The molecule has 0 aliphatic rings. The molecule has 19 heavy (non-hydrogen) atoms. The molecular formula is C11H13Cl2NO4S. The highest BCUT2D eigenvalue weighted by Gasteiger charge is 2.27. The molecule has 0 spiro atoms. The van der Waals surface area contributed by atoms with Crippen molar-refractivity contribution in [3.63, 3.8) is 0 Å². The predicted molar refractivity (Wildman–Crippen MR) is 73.5 cm³/mol. The fraction of sp³-hybridized carbons (Fsp3) is 0.364. The van der Waals surface area contributed by atoms with Crippen LogP contribution in [-0.2, 0) is 10.0 Å². The van der Waals surface area contributed by atoms with Crippen LogP contribution < -0.4 is 4.72 Å². The van der Waals surface area contributed by atoms with Crippen LogP contribution in [0.25, 0.3) is 0 Å². The number of aromatic carboxylic acids is 1. The van der Waals surface area contributed by atoms with Crippen LogP contribution in [0.1, 0.15) is 31.1 Å². The number of carboxylic acids is 1. The highest BCUT2D eigenvalue weighted by atomic mass is 35.5. The van der Waals surface area contributed by atoms with Gasteiger partial charge in [0.2, 0.25) is 10.0 Å². The van der Waals surface area contributed by atoms with Gasteiger partial charge >= 0.3 is 5.97 Å². The van der Waals surface area contributed by atoms with Crippen molar-refractivity contribution >= 4 is 39.2 Å². The van der Waals surface area contributed by atoms with Gasteiger partial charge in [-0.3, -0.25) is 0 Å². The molecule has 8 heteroatoms. The first kappa shape index (κ1) is 16.2. The second-order valence-corrected chi connectivity index (χ2v) is 7.33. The molecule has 0 heterocycles. The molecule has 1 rings (SSSR count). The van der Waals surface area contributed by atoms with Gasteiger partial charge in [0.1, 0.15) is 4.90 Å². The molecule has 0 bridgehead atoms. The lowest BCUT2D eigenvalue weighted by Gasteiger charge is -2.21. The molecule has 0 fully saturated rings. The maximum absolute atomic E-state index is 12.1. The van der Waals surface area contributed by atoms with E-state index in [0.29, 0.717) is 0 Å². The third-order valence-corrected chi connectivity index (χ3v) is 4.62. The van der Waals surface area contributed by atoms with E-state index in [1.165, 1.54) is 12.1 Å². The fourth-order valence-electron chi connectivity index (χ4n) is 1.40. The summed E-state index contributed by atoms with van der Waals surface area (Å²) >= 11 is 11.5. The molecule has 0 saturated carbocycles. The van der Waals surface area contributed by atoms with Crippen LogP contribution in [0.15, 0.2) is 17.0 Å². The molecular weight excluding hydrogens is 313 g/mol. The molecule has 0 saturated heterocycles. The van der Waals surface area contributed by atoms with Crippen LogP contribution >= 0.6 is 23.2 Å². The Morgan fingerprint density at radius 2 is 1.79 bits per heavy atom. The molecule has 0 aliphatic heterocycles. The summed E-state index contributed by atoms with van der Waals surface area (Å²) in [4.78, 5) is 10.7. The first-order valence-corrected chi connectivity index (χ1v) is 7.45. The van der Waals surface area contributed by atoms with Gasteiger partial charge in [-0.1, -0.05) is 23.2 Å². The van der Waals surface area contributed by atoms with Gasteiger partial charge in [-0.25, -0.2) is 17.9 Å². The largest absolute Gasteiger partial charge is 0.478 e. The minimum Gasteiger partial charge on any atom is -0.478 e. The van der Waals surface area contributed by atoms with Crippen LogP contribution in [0, 0.1) is 0 Å². The van der Waals surface area contributed by atoms with Gasteiger partial charge in [-0.2, -0.15) is 0 Å².